The Balaban J connectivity index is 1.61. The summed E-state index contributed by atoms with van der Waals surface area (Å²) in [5.41, 5.74) is 3.87. The number of benzene rings is 2. The smallest absolute Gasteiger partial charge is 0.325 e. The molecule has 170 valence electrons. The molecule has 4 rings (SSSR count). The van der Waals surface area contributed by atoms with Crippen molar-refractivity contribution < 1.29 is 18.4 Å². The highest BCUT2D eigenvalue weighted by molar-refractivity contribution is 5.99. The third-order valence-electron chi connectivity index (χ3n) is 5.90. The quantitative estimate of drug-likeness (QED) is 0.611. The molecule has 3 amide bonds. The number of amides is 3. The maximum Gasteiger partial charge on any atom is 0.325 e. The number of aromatic nitrogens is 1. The van der Waals surface area contributed by atoms with Crippen LogP contribution in [-0.4, -0.2) is 28.9 Å². The highest BCUT2D eigenvalue weighted by Crippen LogP contribution is 2.37. The van der Waals surface area contributed by atoms with E-state index in [0.717, 1.165) is 29.0 Å². The van der Waals surface area contributed by atoms with Crippen LogP contribution in [0.3, 0.4) is 0 Å². The average Bonchev–Trinajstić information content (AvgIpc) is 2.79. The van der Waals surface area contributed by atoms with Crippen LogP contribution in [0, 0.1) is 18.6 Å². The standard InChI is InChI=1S/C25H24F2N4O2/c1-15-10-17(8-9-28-15)14-31-23-11-18(5-7-21(23)16(2)30(3)25(31)33)24(32)29-13-19-4-6-20(26)12-22(19)27/h4-12,16H,13-14H2,1-3H3,(H,29,32). The predicted molar refractivity (Wildman–Crippen MR) is 121 cm³/mol. The second-order valence-electron chi connectivity index (χ2n) is 8.15. The summed E-state index contributed by atoms with van der Waals surface area (Å²) in [5.74, 6) is -1.81. The fourth-order valence-corrected chi connectivity index (χ4v) is 3.92. The summed E-state index contributed by atoms with van der Waals surface area (Å²) in [5, 5.41) is 2.66. The van der Waals surface area contributed by atoms with Crippen LogP contribution in [0.4, 0.5) is 19.3 Å². The fraction of sp³-hybridized carbons (Fsp3) is 0.240. The minimum Gasteiger partial charge on any atom is -0.348 e. The SMILES string of the molecule is Cc1cc(CN2C(=O)N(C)C(C)c3ccc(C(=O)NCc4ccc(F)cc4F)cc32)ccn1. The molecular formula is C25H24F2N4O2. The molecule has 0 bridgehead atoms. The van der Waals surface area contributed by atoms with Crippen LogP contribution in [0.15, 0.2) is 54.7 Å². The number of hydrogen-bond donors (Lipinski definition) is 1. The third kappa shape index (κ3) is 4.55. The van der Waals surface area contributed by atoms with E-state index in [9.17, 15) is 18.4 Å². The highest BCUT2D eigenvalue weighted by Gasteiger charge is 2.33. The Labute approximate surface area is 190 Å². The van der Waals surface area contributed by atoms with Gasteiger partial charge in [0.15, 0.2) is 0 Å². The molecule has 0 saturated carbocycles. The molecule has 33 heavy (non-hydrogen) atoms. The third-order valence-corrected chi connectivity index (χ3v) is 5.90. The molecule has 2 aromatic carbocycles. The van der Waals surface area contributed by atoms with Crippen molar-refractivity contribution >= 4 is 17.6 Å². The molecule has 3 aromatic rings. The summed E-state index contributed by atoms with van der Waals surface area (Å²) in [6.45, 7) is 4.07. The van der Waals surface area contributed by atoms with Gasteiger partial charge in [0.1, 0.15) is 11.6 Å². The Morgan fingerprint density at radius 3 is 2.64 bits per heavy atom. The van der Waals surface area contributed by atoms with Crippen molar-refractivity contribution in [3.05, 3.63) is 94.3 Å². The van der Waals surface area contributed by atoms with Crippen LogP contribution >= 0.6 is 0 Å². The Morgan fingerprint density at radius 1 is 1.12 bits per heavy atom. The first-order chi connectivity index (χ1) is 15.7. The molecule has 8 heteroatoms. The van der Waals surface area contributed by atoms with Gasteiger partial charge in [-0.15, -0.1) is 0 Å². The van der Waals surface area contributed by atoms with Crippen molar-refractivity contribution in [1.29, 1.82) is 0 Å². The van der Waals surface area contributed by atoms with E-state index in [1.54, 1.807) is 35.2 Å². The van der Waals surface area contributed by atoms with Crippen LogP contribution in [0.25, 0.3) is 0 Å². The van der Waals surface area contributed by atoms with Gasteiger partial charge in [0.25, 0.3) is 5.91 Å². The highest BCUT2D eigenvalue weighted by atomic mass is 19.1. The number of carbonyl (C=O) groups is 2. The molecule has 1 aliphatic rings. The Hall–Kier alpha value is -3.81. The molecule has 1 aromatic heterocycles. The molecule has 1 unspecified atom stereocenters. The van der Waals surface area contributed by atoms with Gasteiger partial charge in [-0.1, -0.05) is 12.1 Å². The molecule has 2 heterocycles. The minimum atomic E-state index is -0.720. The van der Waals surface area contributed by atoms with Gasteiger partial charge in [-0.25, -0.2) is 13.6 Å². The van der Waals surface area contributed by atoms with Crippen LogP contribution in [0.1, 0.15) is 45.7 Å². The zero-order valence-electron chi connectivity index (χ0n) is 18.6. The van der Waals surface area contributed by atoms with E-state index >= 15 is 0 Å². The van der Waals surface area contributed by atoms with Gasteiger partial charge < -0.3 is 10.2 Å². The van der Waals surface area contributed by atoms with Crippen LogP contribution in [-0.2, 0) is 13.1 Å². The van der Waals surface area contributed by atoms with Crippen LogP contribution in [0.2, 0.25) is 0 Å². The number of nitrogens with one attached hydrogen (secondary N) is 1. The van der Waals surface area contributed by atoms with E-state index in [1.807, 2.05) is 32.0 Å². The lowest BCUT2D eigenvalue weighted by atomic mass is 9.98. The molecule has 0 fully saturated rings. The van der Waals surface area contributed by atoms with Crippen molar-refractivity contribution in [2.24, 2.45) is 0 Å². The second-order valence-corrected chi connectivity index (χ2v) is 8.15. The van der Waals surface area contributed by atoms with E-state index in [4.69, 9.17) is 0 Å². The normalized spacial score (nSPS) is 15.4. The number of carbonyl (C=O) groups excluding carboxylic acids is 2. The van der Waals surface area contributed by atoms with Crippen molar-refractivity contribution in [1.82, 2.24) is 15.2 Å². The summed E-state index contributed by atoms with van der Waals surface area (Å²) >= 11 is 0. The number of pyridine rings is 1. The lowest BCUT2D eigenvalue weighted by Gasteiger charge is -2.39. The maximum absolute atomic E-state index is 13.9. The number of halogens is 2. The van der Waals surface area contributed by atoms with Gasteiger partial charge in [0, 0.05) is 42.7 Å². The topological polar surface area (TPSA) is 65.5 Å². The van der Waals surface area contributed by atoms with Gasteiger partial charge in [-0.3, -0.25) is 14.7 Å². The van der Waals surface area contributed by atoms with E-state index < -0.39 is 17.5 Å². The summed E-state index contributed by atoms with van der Waals surface area (Å²) in [6.07, 6.45) is 1.70. The first kappa shape index (κ1) is 22.4. The van der Waals surface area contributed by atoms with E-state index in [-0.39, 0.29) is 24.2 Å². The van der Waals surface area contributed by atoms with Crippen molar-refractivity contribution in [2.75, 3.05) is 11.9 Å². The number of rotatable bonds is 5. The zero-order chi connectivity index (χ0) is 23.7. The predicted octanol–water partition coefficient (Wildman–Crippen LogP) is 4.73. The number of fused-ring (bicyclic) bond motifs is 1. The summed E-state index contributed by atoms with van der Waals surface area (Å²) in [7, 11) is 1.75. The zero-order valence-corrected chi connectivity index (χ0v) is 18.6. The Bertz CT molecular complexity index is 1230. The number of nitrogens with zero attached hydrogens (tertiary/aromatic N) is 3. The van der Waals surface area contributed by atoms with Gasteiger partial charge in [-0.2, -0.15) is 0 Å². The fourth-order valence-electron chi connectivity index (χ4n) is 3.92. The van der Waals surface area contributed by atoms with Gasteiger partial charge in [0.2, 0.25) is 0 Å². The van der Waals surface area contributed by atoms with E-state index in [2.05, 4.69) is 10.3 Å². The lowest BCUT2D eigenvalue weighted by molar-refractivity contribution is 0.0950. The number of anilines is 1. The molecule has 0 saturated heterocycles. The average molecular weight is 450 g/mol. The molecule has 0 radical (unpaired) electrons. The number of urea groups is 1. The molecular weight excluding hydrogens is 426 g/mol. The summed E-state index contributed by atoms with van der Waals surface area (Å²) in [4.78, 5) is 33.4. The molecule has 1 N–H and O–H groups in total. The van der Waals surface area contributed by atoms with E-state index in [0.29, 0.717) is 17.8 Å². The lowest BCUT2D eigenvalue weighted by Crippen LogP contribution is -2.46. The molecule has 1 aliphatic heterocycles. The number of aryl methyl sites for hydroxylation is 1. The monoisotopic (exact) mass is 450 g/mol. The Morgan fingerprint density at radius 2 is 1.91 bits per heavy atom. The van der Waals surface area contributed by atoms with Crippen molar-refractivity contribution in [2.45, 2.75) is 33.0 Å². The van der Waals surface area contributed by atoms with Crippen LogP contribution in [0.5, 0.6) is 0 Å². The molecule has 6 nitrogen and oxygen atoms in total. The summed E-state index contributed by atoms with van der Waals surface area (Å²) < 4.78 is 27.0. The maximum atomic E-state index is 13.9. The number of hydrogen-bond acceptors (Lipinski definition) is 3. The first-order valence-corrected chi connectivity index (χ1v) is 10.6. The van der Waals surface area contributed by atoms with E-state index in [1.165, 1.54) is 6.07 Å². The molecule has 0 aliphatic carbocycles. The summed E-state index contributed by atoms with van der Waals surface area (Å²) in [6, 6.07) is 11.9. The van der Waals surface area contributed by atoms with Crippen molar-refractivity contribution in [3.63, 3.8) is 0 Å². The van der Waals surface area contributed by atoms with Crippen molar-refractivity contribution in [3.8, 4) is 0 Å². The minimum absolute atomic E-state index is 0.0832. The second kappa shape index (κ2) is 8.97. The Kier molecular flexibility index (Phi) is 6.09. The van der Waals surface area contributed by atoms with Gasteiger partial charge in [0.05, 0.1) is 18.3 Å². The largest absolute Gasteiger partial charge is 0.348 e. The first-order valence-electron chi connectivity index (χ1n) is 10.6. The molecule has 0 spiro atoms. The van der Waals surface area contributed by atoms with Gasteiger partial charge in [-0.05, 0) is 55.3 Å². The van der Waals surface area contributed by atoms with Gasteiger partial charge >= 0.3 is 6.03 Å². The van der Waals surface area contributed by atoms with Crippen LogP contribution < -0.4 is 10.2 Å². The molecule has 1 atom stereocenters.